The summed E-state index contributed by atoms with van der Waals surface area (Å²) in [5.41, 5.74) is 9.21. The second-order valence-corrected chi connectivity index (χ2v) is 3.90. The van der Waals surface area contributed by atoms with E-state index in [0.29, 0.717) is 0 Å². The minimum atomic E-state index is 0.891. The molecular weight excluding hydrogens is 186 g/mol. The van der Waals surface area contributed by atoms with Crippen molar-refractivity contribution in [3.8, 4) is 0 Å². The number of nitrogens with two attached hydrogens (primary N) is 1. The molecule has 0 atom stereocenters. The fraction of sp³-hybridized carbons (Fsp3) is 0.250. The molecule has 0 saturated carbocycles. The average Bonchev–Trinajstić information content (AvgIpc) is 2.30. The summed E-state index contributed by atoms with van der Waals surface area (Å²) in [6, 6.07) is 8.03. The molecule has 1 aliphatic heterocycles. The Morgan fingerprint density at radius 2 is 2.13 bits per heavy atom. The molecule has 0 fully saturated rings. The van der Waals surface area contributed by atoms with Gasteiger partial charge in [-0.15, -0.1) is 0 Å². The molecule has 2 aromatic rings. The van der Waals surface area contributed by atoms with Crippen molar-refractivity contribution in [3.05, 3.63) is 29.8 Å². The van der Waals surface area contributed by atoms with E-state index in [1.807, 2.05) is 24.3 Å². The second-order valence-electron chi connectivity index (χ2n) is 3.90. The van der Waals surface area contributed by atoms with Crippen LogP contribution < -0.4 is 11.1 Å². The summed E-state index contributed by atoms with van der Waals surface area (Å²) in [5.74, 6) is 0.970. The normalized spacial score (nSPS) is 14.7. The second kappa shape index (κ2) is 3.12. The lowest BCUT2D eigenvalue weighted by Crippen LogP contribution is -2.15. The molecule has 3 rings (SSSR count). The van der Waals surface area contributed by atoms with Crippen LogP contribution in [0.1, 0.15) is 12.0 Å². The smallest absolute Gasteiger partial charge is 0.131 e. The Morgan fingerprint density at radius 1 is 1.27 bits per heavy atom. The summed E-state index contributed by atoms with van der Waals surface area (Å²) in [6.45, 7) is 0.998. The lowest BCUT2D eigenvalue weighted by atomic mass is 10.0. The Kier molecular flexibility index (Phi) is 1.78. The number of benzene rings is 1. The van der Waals surface area contributed by atoms with Crippen LogP contribution in [0, 0.1) is 0 Å². The molecule has 0 amide bonds. The zero-order chi connectivity index (χ0) is 10.3. The van der Waals surface area contributed by atoms with Gasteiger partial charge in [-0.05, 0) is 18.9 Å². The van der Waals surface area contributed by atoms with Crippen molar-refractivity contribution in [2.75, 3.05) is 17.6 Å². The van der Waals surface area contributed by atoms with Crippen LogP contribution in [-0.4, -0.2) is 11.5 Å². The maximum absolute atomic E-state index is 6.16. The number of anilines is 2. The van der Waals surface area contributed by atoms with Gasteiger partial charge in [0.15, 0.2) is 0 Å². The van der Waals surface area contributed by atoms with Crippen molar-refractivity contribution >= 4 is 22.4 Å². The Bertz CT molecular complexity index is 520. The van der Waals surface area contributed by atoms with Crippen LogP contribution in [0.5, 0.6) is 0 Å². The third-order valence-corrected chi connectivity index (χ3v) is 2.93. The van der Waals surface area contributed by atoms with Crippen molar-refractivity contribution in [2.45, 2.75) is 12.8 Å². The predicted molar refractivity (Wildman–Crippen MR) is 63.0 cm³/mol. The molecule has 15 heavy (non-hydrogen) atoms. The number of para-hydroxylation sites is 1. The molecule has 0 bridgehead atoms. The first-order chi connectivity index (χ1) is 7.36. The first-order valence-corrected chi connectivity index (χ1v) is 5.27. The highest BCUT2D eigenvalue weighted by atomic mass is 15.0. The Morgan fingerprint density at radius 3 is 3.07 bits per heavy atom. The number of hydrogen-bond donors (Lipinski definition) is 2. The number of nitrogen functional groups attached to an aromatic ring is 1. The number of fused-ring (bicyclic) bond motifs is 2. The summed E-state index contributed by atoms with van der Waals surface area (Å²) < 4.78 is 0. The summed E-state index contributed by atoms with van der Waals surface area (Å²) in [4.78, 5) is 4.59. The molecule has 1 aromatic carbocycles. The van der Waals surface area contributed by atoms with Gasteiger partial charge in [-0.3, -0.25) is 0 Å². The number of pyridine rings is 1. The Hall–Kier alpha value is -1.77. The van der Waals surface area contributed by atoms with Crippen LogP contribution in [0.15, 0.2) is 24.3 Å². The van der Waals surface area contributed by atoms with E-state index in [1.54, 1.807) is 0 Å². The molecule has 1 aromatic heterocycles. The predicted octanol–water partition coefficient (Wildman–Crippen LogP) is 2.18. The Balaban J connectivity index is 2.36. The molecule has 76 valence electrons. The van der Waals surface area contributed by atoms with E-state index in [-0.39, 0.29) is 0 Å². The fourth-order valence-corrected chi connectivity index (χ4v) is 2.15. The molecular formula is C12H13N3. The van der Waals surface area contributed by atoms with Gasteiger partial charge in [0, 0.05) is 23.2 Å². The molecule has 3 heteroatoms. The van der Waals surface area contributed by atoms with Crippen molar-refractivity contribution in [1.29, 1.82) is 0 Å². The zero-order valence-corrected chi connectivity index (χ0v) is 8.46. The van der Waals surface area contributed by atoms with Crippen molar-refractivity contribution in [3.63, 3.8) is 0 Å². The molecule has 0 aliphatic carbocycles. The van der Waals surface area contributed by atoms with Crippen molar-refractivity contribution in [1.82, 2.24) is 4.98 Å². The number of nitrogens with one attached hydrogen (secondary N) is 1. The van der Waals surface area contributed by atoms with Gasteiger partial charge in [0.05, 0.1) is 5.52 Å². The van der Waals surface area contributed by atoms with Crippen LogP contribution in [0.3, 0.4) is 0 Å². The maximum atomic E-state index is 6.16. The minimum absolute atomic E-state index is 0.891. The summed E-state index contributed by atoms with van der Waals surface area (Å²) >= 11 is 0. The van der Waals surface area contributed by atoms with Crippen LogP contribution >= 0.6 is 0 Å². The lowest BCUT2D eigenvalue weighted by Gasteiger charge is -2.19. The third kappa shape index (κ3) is 1.23. The van der Waals surface area contributed by atoms with E-state index in [1.165, 1.54) is 5.56 Å². The molecule has 3 N–H and O–H groups in total. The summed E-state index contributed by atoms with van der Waals surface area (Å²) in [7, 11) is 0. The van der Waals surface area contributed by atoms with E-state index in [2.05, 4.69) is 10.3 Å². The molecule has 1 aliphatic rings. The lowest BCUT2D eigenvalue weighted by molar-refractivity contribution is 0.823. The first kappa shape index (κ1) is 8.53. The highest BCUT2D eigenvalue weighted by molar-refractivity contribution is 5.94. The number of rotatable bonds is 0. The summed E-state index contributed by atoms with van der Waals surface area (Å²) in [5, 5.41) is 4.37. The van der Waals surface area contributed by atoms with Gasteiger partial charge in [-0.2, -0.15) is 0 Å². The highest BCUT2D eigenvalue weighted by Gasteiger charge is 2.15. The standard InChI is InChI=1S/C12H13N3/c13-11-8-4-1-2-6-10(8)15-12-9(11)5-3-7-14-12/h1-2,4,6H,3,5,7H2,(H3,13,14,15). The first-order valence-electron chi connectivity index (χ1n) is 5.27. The van der Waals surface area contributed by atoms with Crippen LogP contribution in [0.4, 0.5) is 11.5 Å². The zero-order valence-electron chi connectivity index (χ0n) is 8.46. The largest absolute Gasteiger partial charge is 0.398 e. The third-order valence-electron chi connectivity index (χ3n) is 2.93. The molecule has 2 heterocycles. The van der Waals surface area contributed by atoms with Gasteiger partial charge < -0.3 is 11.1 Å². The van der Waals surface area contributed by atoms with Crippen molar-refractivity contribution < 1.29 is 0 Å². The van der Waals surface area contributed by atoms with Crippen LogP contribution in [-0.2, 0) is 6.42 Å². The summed E-state index contributed by atoms with van der Waals surface area (Å²) in [6.07, 6.45) is 2.17. The topological polar surface area (TPSA) is 50.9 Å². The number of hydrogen-bond acceptors (Lipinski definition) is 3. The van der Waals surface area contributed by atoms with Crippen molar-refractivity contribution in [2.24, 2.45) is 0 Å². The average molecular weight is 199 g/mol. The van der Waals surface area contributed by atoms with Gasteiger partial charge >= 0.3 is 0 Å². The monoisotopic (exact) mass is 199 g/mol. The van der Waals surface area contributed by atoms with Gasteiger partial charge in [-0.25, -0.2) is 4.98 Å². The Labute approximate surface area is 88.3 Å². The van der Waals surface area contributed by atoms with Gasteiger partial charge in [-0.1, -0.05) is 18.2 Å². The molecule has 3 nitrogen and oxygen atoms in total. The van der Waals surface area contributed by atoms with E-state index < -0.39 is 0 Å². The fourth-order valence-electron chi connectivity index (χ4n) is 2.15. The molecule has 0 saturated heterocycles. The quantitative estimate of drug-likeness (QED) is 0.683. The van der Waals surface area contributed by atoms with E-state index in [0.717, 1.165) is 41.8 Å². The van der Waals surface area contributed by atoms with Crippen LogP contribution in [0.2, 0.25) is 0 Å². The number of nitrogens with zero attached hydrogens (tertiary/aromatic N) is 1. The maximum Gasteiger partial charge on any atom is 0.131 e. The van der Waals surface area contributed by atoms with Crippen LogP contribution in [0.25, 0.3) is 10.9 Å². The molecule has 0 spiro atoms. The van der Waals surface area contributed by atoms with E-state index >= 15 is 0 Å². The number of aromatic nitrogens is 1. The van der Waals surface area contributed by atoms with E-state index in [9.17, 15) is 0 Å². The van der Waals surface area contributed by atoms with Gasteiger partial charge in [0.25, 0.3) is 0 Å². The van der Waals surface area contributed by atoms with E-state index in [4.69, 9.17) is 5.73 Å². The molecule has 0 radical (unpaired) electrons. The highest BCUT2D eigenvalue weighted by Crippen LogP contribution is 2.31. The van der Waals surface area contributed by atoms with Gasteiger partial charge in [0.2, 0.25) is 0 Å². The SMILES string of the molecule is Nc1c2c(nc3ccccc13)NCCC2. The minimum Gasteiger partial charge on any atom is -0.398 e. The van der Waals surface area contributed by atoms with Gasteiger partial charge in [0.1, 0.15) is 5.82 Å². The molecule has 0 unspecified atom stereocenters.